The van der Waals surface area contributed by atoms with E-state index in [9.17, 15) is 14.9 Å². The van der Waals surface area contributed by atoms with E-state index in [1.165, 1.54) is 24.4 Å². The summed E-state index contributed by atoms with van der Waals surface area (Å²) < 4.78 is 5.68. The number of nitro benzene ring substituents is 1. The number of nitrogens with two attached hydrogens (primary N) is 1. The van der Waals surface area contributed by atoms with Crippen molar-refractivity contribution < 1.29 is 14.3 Å². The fourth-order valence-corrected chi connectivity index (χ4v) is 2.61. The van der Waals surface area contributed by atoms with E-state index in [1.54, 1.807) is 30.5 Å². The fourth-order valence-electron chi connectivity index (χ4n) is 2.61. The largest absolute Gasteiger partial charge is 0.378 e. The van der Waals surface area contributed by atoms with E-state index in [2.05, 4.69) is 40.8 Å². The van der Waals surface area contributed by atoms with Gasteiger partial charge < -0.3 is 5.73 Å². The standard InChI is InChI=1S/C17H12N10O4/c18-15-16(24-31-23-15)26-14(10-4-3-6-12(8-10)27(29)30)13(21-25-26)17(28)22-20-9-11-5-1-2-7-19-11/h1-9H,(H2,18,23)(H,22,28)/b20-9-. The Bertz CT molecular complexity index is 1280. The molecule has 0 saturated heterocycles. The fraction of sp³-hybridized carbons (Fsp3) is 0. The monoisotopic (exact) mass is 420 g/mol. The Labute approximate surface area is 172 Å². The first-order chi connectivity index (χ1) is 15.0. The van der Waals surface area contributed by atoms with Gasteiger partial charge >= 0.3 is 0 Å². The highest BCUT2D eigenvalue weighted by atomic mass is 16.6. The highest BCUT2D eigenvalue weighted by Gasteiger charge is 2.26. The second kappa shape index (κ2) is 8.16. The molecule has 0 aliphatic carbocycles. The van der Waals surface area contributed by atoms with Crippen LogP contribution in [0.1, 0.15) is 16.2 Å². The second-order valence-corrected chi connectivity index (χ2v) is 5.93. The van der Waals surface area contributed by atoms with Gasteiger partial charge in [-0.05, 0) is 22.4 Å². The van der Waals surface area contributed by atoms with Crippen molar-refractivity contribution in [1.29, 1.82) is 0 Å². The maximum absolute atomic E-state index is 12.7. The first kappa shape index (κ1) is 19.3. The maximum Gasteiger partial charge on any atom is 0.294 e. The first-order valence-electron chi connectivity index (χ1n) is 8.58. The molecule has 0 spiro atoms. The molecule has 0 radical (unpaired) electrons. The van der Waals surface area contributed by atoms with Gasteiger partial charge in [-0.15, -0.1) is 5.10 Å². The lowest BCUT2D eigenvalue weighted by Gasteiger charge is -2.05. The van der Waals surface area contributed by atoms with Crippen LogP contribution in [-0.2, 0) is 0 Å². The molecule has 1 amide bonds. The number of carbonyl (C=O) groups is 1. The summed E-state index contributed by atoms with van der Waals surface area (Å²) in [6.07, 6.45) is 2.92. The molecular weight excluding hydrogens is 408 g/mol. The number of benzene rings is 1. The molecule has 0 saturated carbocycles. The molecule has 0 fully saturated rings. The van der Waals surface area contributed by atoms with E-state index in [4.69, 9.17) is 5.73 Å². The average Bonchev–Trinajstić information content (AvgIpc) is 3.40. The number of hydrogen-bond donors (Lipinski definition) is 2. The van der Waals surface area contributed by atoms with Crippen molar-refractivity contribution in [3.63, 3.8) is 0 Å². The lowest BCUT2D eigenvalue weighted by Crippen LogP contribution is -2.19. The highest BCUT2D eigenvalue weighted by molar-refractivity contribution is 5.98. The molecule has 3 N–H and O–H groups in total. The number of hydrazone groups is 1. The van der Waals surface area contributed by atoms with Crippen LogP contribution in [0.5, 0.6) is 0 Å². The molecule has 3 heterocycles. The molecule has 1 aromatic carbocycles. The summed E-state index contributed by atoms with van der Waals surface area (Å²) in [5.74, 6) is -0.878. The van der Waals surface area contributed by atoms with Crippen molar-refractivity contribution in [3.8, 4) is 17.1 Å². The van der Waals surface area contributed by atoms with E-state index < -0.39 is 10.8 Å². The van der Waals surface area contributed by atoms with Crippen LogP contribution >= 0.6 is 0 Å². The Kier molecular flexibility index (Phi) is 5.08. The molecule has 0 bridgehead atoms. The first-order valence-corrected chi connectivity index (χ1v) is 8.58. The third-order valence-electron chi connectivity index (χ3n) is 3.96. The van der Waals surface area contributed by atoms with E-state index in [0.717, 1.165) is 4.68 Å². The minimum absolute atomic E-state index is 0.0370. The number of pyridine rings is 1. The number of nitro groups is 1. The third kappa shape index (κ3) is 3.93. The third-order valence-corrected chi connectivity index (χ3v) is 3.96. The number of nitrogens with one attached hydrogen (secondary N) is 1. The molecule has 154 valence electrons. The SMILES string of the molecule is Nc1nonc1-n1nnc(C(=O)N/N=C\c2ccccn2)c1-c1cccc([N+](=O)[O-])c1. The molecule has 0 aliphatic rings. The average molecular weight is 420 g/mol. The van der Waals surface area contributed by atoms with Crippen molar-refractivity contribution in [2.75, 3.05) is 5.73 Å². The topological polar surface area (TPSA) is 193 Å². The molecule has 4 aromatic rings. The van der Waals surface area contributed by atoms with Crippen molar-refractivity contribution in [2.45, 2.75) is 0 Å². The number of carbonyl (C=O) groups excluding carboxylic acids is 1. The molecule has 4 rings (SSSR count). The van der Waals surface area contributed by atoms with Crippen molar-refractivity contribution >= 4 is 23.6 Å². The van der Waals surface area contributed by atoms with Gasteiger partial charge in [0, 0.05) is 23.9 Å². The molecule has 14 nitrogen and oxygen atoms in total. The van der Waals surface area contributed by atoms with Gasteiger partial charge in [-0.2, -0.15) is 9.78 Å². The van der Waals surface area contributed by atoms with Crippen LogP contribution < -0.4 is 11.2 Å². The van der Waals surface area contributed by atoms with Gasteiger partial charge in [0.15, 0.2) is 5.69 Å². The van der Waals surface area contributed by atoms with Gasteiger partial charge in [0.1, 0.15) is 5.69 Å². The van der Waals surface area contributed by atoms with Gasteiger partial charge in [-0.3, -0.25) is 19.9 Å². The Hall–Kier alpha value is -5.01. The maximum atomic E-state index is 12.7. The van der Waals surface area contributed by atoms with Crippen LogP contribution in [0.15, 0.2) is 58.4 Å². The summed E-state index contributed by atoms with van der Waals surface area (Å²) in [6, 6.07) is 10.8. The van der Waals surface area contributed by atoms with Crippen molar-refractivity contribution in [3.05, 3.63) is 70.2 Å². The number of hydrogen-bond acceptors (Lipinski definition) is 11. The van der Waals surface area contributed by atoms with Gasteiger partial charge in [0.05, 0.1) is 16.8 Å². The normalized spacial score (nSPS) is 11.0. The summed E-state index contributed by atoms with van der Waals surface area (Å²) in [7, 11) is 0. The molecule has 3 aromatic heterocycles. The minimum atomic E-state index is -0.727. The molecule has 14 heteroatoms. The quantitative estimate of drug-likeness (QED) is 0.258. The van der Waals surface area contributed by atoms with Gasteiger partial charge in [-0.1, -0.05) is 23.4 Å². The van der Waals surface area contributed by atoms with Crippen LogP contribution in [0.3, 0.4) is 0 Å². The summed E-state index contributed by atoms with van der Waals surface area (Å²) >= 11 is 0. The lowest BCUT2D eigenvalue weighted by molar-refractivity contribution is -0.384. The Balaban J connectivity index is 1.74. The van der Waals surface area contributed by atoms with E-state index >= 15 is 0 Å². The number of aromatic nitrogens is 6. The van der Waals surface area contributed by atoms with E-state index in [0.29, 0.717) is 5.69 Å². The highest BCUT2D eigenvalue weighted by Crippen LogP contribution is 2.28. The predicted octanol–water partition coefficient (Wildman–Crippen LogP) is 0.967. The van der Waals surface area contributed by atoms with E-state index in [1.807, 2.05) is 0 Å². The number of non-ortho nitro benzene ring substituents is 1. The summed E-state index contributed by atoms with van der Waals surface area (Å²) in [5.41, 5.74) is 8.54. The Morgan fingerprint density at radius 3 is 2.84 bits per heavy atom. The zero-order chi connectivity index (χ0) is 21.8. The zero-order valence-electron chi connectivity index (χ0n) is 15.5. The summed E-state index contributed by atoms with van der Waals surface area (Å²) in [5, 5.41) is 29.9. The molecule has 0 atom stereocenters. The molecule has 0 aliphatic heterocycles. The predicted molar refractivity (Wildman–Crippen MR) is 105 cm³/mol. The van der Waals surface area contributed by atoms with Crippen LogP contribution in [0.4, 0.5) is 11.5 Å². The van der Waals surface area contributed by atoms with E-state index in [-0.39, 0.29) is 34.3 Å². The number of amides is 1. The number of nitrogens with zero attached hydrogens (tertiary/aromatic N) is 8. The Morgan fingerprint density at radius 1 is 1.26 bits per heavy atom. The van der Waals surface area contributed by atoms with Crippen LogP contribution in [0, 0.1) is 10.1 Å². The smallest absolute Gasteiger partial charge is 0.294 e. The molecule has 0 unspecified atom stereocenters. The summed E-state index contributed by atoms with van der Waals surface area (Å²) in [6.45, 7) is 0. The van der Waals surface area contributed by atoms with Crippen LogP contribution in [0.25, 0.3) is 17.1 Å². The van der Waals surface area contributed by atoms with Crippen LogP contribution in [-0.4, -0.2) is 47.3 Å². The van der Waals surface area contributed by atoms with Gasteiger partial charge in [-0.25, -0.2) is 10.1 Å². The van der Waals surface area contributed by atoms with Crippen molar-refractivity contribution in [2.24, 2.45) is 5.10 Å². The number of nitrogen functional groups attached to an aromatic ring is 1. The number of rotatable bonds is 6. The molecule has 31 heavy (non-hydrogen) atoms. The number of anilines is 1. The zero-order valence-corrected chi connectivity index (χ0v) is 15.5. The lowest BCUT2D eigenvalue weighted by atomic mass is 10.1. The van der Waals surface area contributed by atoms with Gasteiger partial charge in [0.2, 0.25) is 11.6 Å². The Morgan fingerprint density at radius 2 is 2.13 bits per heavy atom. The minimum Gasteiger partial charge on any atom is -0.378 e. The van der Waals surface area contributed by atoms with Crippen molar-refractivity contribution in [1.82, 2.24) is 35.7 Å². The van der Waals surface area contributed by atoms with Crippen LogP contribution in [0.2, 0.25) is 0 Å². The second-order valence-electron chi connectivity index (χ2n) is 5.93. The van der Waals surface area contributed by atoms with Gasteiger partial charge in [0.25, 0.3) is 11.6 Å². The molecular formula is C17H12N10O4. The summed E-state index contributed by atoms with van der Waals surface area (Å²) in [4.78, 5) is 27.4.